The SMILES string of the molecule is C=C1CCC(N2C(=O)c3ccc(CN)c4cccc2c34)C(=O)N1. The molecule has 2 aliphatic rings. The minimum atomic E-state index is -0.493. The second-order valence-corrected chi connectivity index (χ2v) is 6.00. The normalized spacial score (nSPS) is 20.3. The van der Waals surface area contributed by atoms with Gasteiger partial charge in [-0.15, -0.1) is 0 Å². The molecule has 1 fully saturated rings. The number of nitrogens with one attached hydrogen (secondary N) is 1. The molecule has 3 N–H and O–H groups in total. The third kappa shape index (κ3) is 1.90. The molecule has 2 amide bonds. The number of carbonyl (C=O) groups excluding carboxylic acids is 2. The van der Waals surface area contributed by atoms with Crippen molar-refractivity contribution >= 4 is 28.3 Å². The Hall–Kier alpha value is -2.66. The summed E-state index contributed by atoms with van der Waals surface area (Å²) in [6, 6.07) is 9.00. The van der Waals surface area contributed by atoms with Gasteiger partial charge in [0.05, 0.1) is 5.69 Å². The molecule has 0 aromatic heterocycles. The maximum Gasteiger partial charge on any atom is 0.259 e. The quantitative estimate of drug-likeness (QED) is 0.891. The highest BCUT2D eigenvalue weighted by atomic mass is 16.2. The lowest BCUT2D eigenvalue weighted by molar-refractivity contribution is -0.122. The molecule has 2 aromatic carbocycles. The lowest BCUT2D eigenvalue weighted by Crippen LogP contribution is -2.51. The number of rotatable bonds is 2. The van der Waals surface area contributed by atoms with Gasteiger partial charge in [-0.3, -0.25) is 14.5 Å². The molecule has 1 atom stereocenters. The fourth-order valence-corrected chi connectivity index (χ4v) is 3.56. The summed E-state index contributed by atoms with van der Waals surface area (Å²) in [6.07, 6.45) is 1.27. The van der Waals surface area contributed by atoms with E-state index >= 15 is 0 Å². The number of carbonyl (C=O) groups is 2. The molecule has 1 saturated heterocycles. The molecule has 5 heteroatoms. The van der Waals surface area contributed by atoms with E-state index in [1.807, 2.05) is 30.3 Å². The van der Waals surface area contributed by atoms with Crippen LogP contribution in [0.1, 0.15) is 28.8 Å². The number of piperidine rings is 1. The maximum atomic E-state index is 12.9. The van der Waals surface area contributed by atoms with Gasteiger partial charge in [-0.05, 0) is 35.9 Å². The van der Waals surface area contributed by atoms with Gasteiger partial charge in [0.15, 0.2) is 0 Å². The molecule has 4 rings (SSSR count). The van der Waals surface area contributed by atoms with Crippen molar-refractivity contribution in [3.8, 4) is 0 Å². The molecular formula is C18H17N3O2. The first-order valence-electron chi connectivity index (χ1n) is 7.68. The average molecular weight is 307 g/mol. The van der Waals surface area contributed by atoms with Gasteiger partial charge in [-0.25, -0.2) is 0 Å². The molecule has 0 aliphatic carbocycles. The number of hydrogen-bond donors (Lipinski definition) is 2. The summed E-state index contributed by atoms with van der Waals surface area (Å²) >= 11 is 0. The van der Waals surface area contributed by atoms with Crippen LogP contribution in [-0.2, 0) is 11.3 Å². The number of nitrogens with zero attached hydrogens (tertiary/aromatic N) is 1. The number of nitrogens with two attached hydrogens (primary N) is 1. The lowest BCUT2D eigenvalue weighted by Gasteiger charge is -2.31. The molecule has 0 saturated carbocycles. The number of anilines is 1. The topological polar surface area (TPSA) is 75.4 Å². The zero-order chi connectivity index (χ0) is 16.1. The zero-order valence-electron chi connectivity index (χ0n) is 12.6. The van der Waals surface area contributed by atoms with Crippen LogP contribution >= 0.6 is 0 Å². The second-order valence-electron chi connectivity index (χ2n) is 6.00. The molecule has 2 heterocycles. The van der Waals surface area contributed by atoms with Gasteiger partial charge in [0.2, 0.25) is 5.91 Å². The second kappa shape index (κ2) is 4.93. The average Bonchev–Trinajstić information content (AvgIpc) is 2.83. The number of amides is 2. The van der Waals surface area contributed by atoms with Gasteiger partial charge < -0.3 is 11.1 Å². The van der Waals surface area contributed by atoms with Gasteiger partial charge in [0, 0.05) is 23.2 Å². The highest BCUT2D eigenvalue weighted by molar-refractivity contribution is 6.27. The third-order valence-electron chi connectivity index (χ3n) is 4.67. The van der Waals surface area contributed by atoms with Crippen molar-refractivity contribution in [1.29, 1.82) is 0 Å². The molecule has 0 radical (unpaired) electrons. The molecule has 23 heavy (non-hydrogen) atoms. The van der Waals surface area contributed by atoms with E-state index in [4.69, 9.17) is 5.73 Å². The fourth-order valence-electron chi connectivity index (χ4n) is 3.56. The van der Waals surface area contributed by atoms with Crippen molar-refractivity contribution in [2.45, 2.75) is 25.4 Å². The first kappa shape index (κ1) is 14.0. The minimum absolute atomic E-state index is 0.118. The van der Waals surface area contributed by atoms with Crippen molar-refractivity contribution in [2.24, 2.45) is 5.73 Å². The van der Waals surface area contributed by atoms with Crippen LogP contribution in [0.25, 0.3) is 10.8 Å². The highest BCUT2D eigenvalue weighted by Crippen LogP contribution is 2.40. The molecule has 5 nitrogen and oxygen atoms in total. The van der Waals surface area contributed by atoms with E-state index in [0.29, 0.717) is 30.6 Å². The number of hydrogen-bond acceptors (Lipinski definition) is 3. The molecule has 2 aliphatic heterocycles. The van der Waals surface area contributed by atoms with Gasteiger partial charge in [-0.1, -0.05) is 24.8 Å². The number of allylic oxidation sites excluding steroid dienone is 1. The van der Waals surface area contributed by atoms with E-state index in [-0.39, 0.29) is 11.8 Å². The summed E-state index contributed by atoms with van der Waals surface area (Å²) in [6.45, 7) is 4.21. The monoisotopic (exact) mass is 307 g/mol. The van der Waals surface area contributed by atoms with Gasteiger partial charge in [-0.2, -0.15) is 0 Å². The van der Waals surface area contributed by atoms with Crippen LogP contribution in [0.3, 0.4) is 0 Å². The van der Waals surface area contributed by atoms with Crippen LogP contribution < -0.4 is 16.0 Å². The molecule has 0 spiro atoms. The van der Waals surface area contributed by atoms with Gasteiger partial charge in [0.25, 0.3) is 5.91 Å². The predicted molar refractivity (Wildman–Crippen MR) is 89.0 cm³/mol. The van der Waals surface area contributed by atoms with Crippen LogP contribution in [-0.4, -0.2) is 17.9 Å². The van der Waals surface area contributed by atoms with E-state index < -0.39 is 6.04 Å². The Morgan fingerprint density at radius 1 is 1.26 bits per heavy atom. The molecule has 0 bridgehead atoms. The molecule has 116 valence electrons. The first-order chi connectivity index (χ1) is 11.1. The lowest BCUT2D eigenvalue weighted by atomic mass is 10.00. The third-order valence-corrected chi connectivity index (χ3v) is 4.67. The highest BCUT2D eigenvalue weighted by Gasteiger charge is 2.39. The summed E-state index contributed by atoms with van der Waals surface area (Å²) in [4.78, 5) is 26.9. The molecule has 2 aromatic rings. The summed E-state index contributed by atoms with van der Waals surface area (Å²) < 4.78 is 0. The Labute approximate surface area is 133 Å². The Morgan fingerprint density at radius 2 is 2.09 bits per heavy atom. The van der Waals surface area contributed by atoms with Gasteiger partial charge >= 0.3 is 0 Å². The molecular weight excluding hydrogens is 290 g/mol. The summed E-state index contributed by atoms with van der Waals surface area (Å²) in [5.74, 6) is -0.286. The van der Waals surface area contributed by atoms with E-state index in [2.05, 4.69) is 11.9 Å². The Bertz CT molecular complexity index is 872. The van der Waals surface area contributed by atoms with E-state index in [0.717, 1.165) is 22.0 Å². The molecule has 1 unspecified atom stereocenters. The van der Waals surface area contributed by atoms with Crippen LogP contribution in [0, 0.1) is 0 Å². The summed E-state index contributed by atoms with van der Waals surface area (Å²) in [7, 11) is 0. The van der Waals surface area contributed by atoms with E-state index in [1.165, 1.54) is 0 Å². The summed E-state index contributed by atoms with van der Waals surface area (Å²) in [5, 5.41) is 4.65. The van der Waals surface area contributed by atoms with Crippen molar-refractivity contribution in [2.75, 3.05) is 4.90 Å². The summed E-state index contributed by atoms with van der Waals surface area (Å²) in [5.41, 5.74) is 8.96. The van der Waals surface area contributed by atoms with Crippen LogP contribution in [0.15, 0.2) is 42.6 Å². The minimum Gasteiger partial charge on any atom is -0.329 e. The smallest absolute Gasteiger partial charge is 0.259 e. The van der Waals surface area contributed by atoms with Crippen molar-refractivity contribution in [3.05, 3.63) is 53.7 Å². The Morgan fingerprint density at radius 3 is 2.83 bits per heavy atom. The van der Waals surface area contributed by atoms with E-state index in [1.54, 1.807) is 4.90 Å². The first-order valence-corrected chi connectivity index (χ1v) is 7.68. The predicted octanol–water partition coefficient (Wildman–Crippen LogP) is 2.05. The van der Waals surface area contributed by atoms with Crippen molar-refractivity contribution < 1.29 is 9.59 Å². The Balaban J connectivity index is 1.88. The number of benzene rings is 2. The zero-order valence-corrected chi connectivity index (χ0v) is 12.6. The Kier molecular flexibility index (Phi) is 2.99. The van der Waals surface area contributed by atoms with E-state index in [9.17, 15) is 9.59 Å². The van der Waals surface area contributed by atoms with Gasteiger partial charge in [0.1, 0.15) is 6.04 Å². The largest absolute Gasteiger partial charge is 0.329 e. The fraction of sp³-hybridized carbons (Fsp3) is 0.222. The van der Waals surface area contributed by atoms with Crippen LogP contribution in [0.4, 0.5) is 5.69 Å². The van der Waals surface area contributed by atoms with Crippen LogP contribution in [0.2, 0.25) is 0 Å². The standard InChI is InChI=1S/C18H17N3O2/c1-10-5-8-15(17(22)20-10)21-14-4-2-3-12-11(9-19)6-7-13(16(12)14)18(21)23/h2-4,6-7,15H,1,5,8-9,19H2,(H,20,22). The van der Waals surface area contributed by atoms with Crippen molar-refractivity contribution in [3.63, 3.8) is 0 Å². The maximum absolute atomic E-state index is 12.9. The van der Waals surface area contributed by atoms with Crippen molar-refractivity contribution in [1.82, 2.24) is 5.32 Å². The van der Waals surface area contributed by atoms with Crippen LogP contribution in [0.5, 0.6) is 0 Å².